The molecule has 0 aliphatic carbocycles. The van der Waals surface area contributed by atoms with Gasteiger partial charge in [0.2, 0.25) is 0 Å². The summed E-state index contributed by atoms with van der Waals surface area (Å²) in [4.78, 5) is 4.43. The molecule has 19 heavy (non-hydrogen) atoms. The van der Waals surface area contributed by atoms with Gasteiger partial charge in [-0.05, 0) is 32.9 Å². The third kappa shape index (κ3) is 3.05. The Morgan fingerprint density at radius 1 is 1.16 bits per heavy atom. The number of aryl methyl sites for hydroxylation is 1. The fourth-order valence-electron chi connectivity index (χ4n) is 2.09. The quantitative estimate of drug-likeness (QED) is 0.803. The molecule has 0 aliphatic heterocycles. The van der Waals surface area contributed by atoms with Crippen molar-refractivity contribution >= 4 is 11.3 Å². The minimum atomic E-state index is -0.166. The van der Waals surface area contributed by atoms with Crippen molar-refractivity contribution in [2.75, 3.05) is 0 Å². The van der Waals surface area contributed by atoms with E-state index in [4.69, 9.17) is 0 Å². The zero-order chi connectivity index (χ0) is 14.0. The molecule has 0 saturated heterocycles. The molecule has 0 amide bonds. The number of aromatic hydroxyl groups is 2. The molecule has 2 rings (SSSR count). The normalized spacial score (nSPS) is 14.3. The lowest BCUT2D eigenvalue weighted by Crippen LogP contribution is -2.22. The Morgan fingerprint density at radius 3 is 2.32 bits per heavy atom. The van der Waals surface area contributed by atoms with E-state index in [9.17, 15) is 10.2 Å². The molecule has 3 N–H and O–H groups in total. The van der Waals surface area contributed by atoms with E-state index in [0.29, 0.717) is 5.56 Å². The summed E-state index contributed by atoms with van der Waals surface area (Å²) in [5, 5.41) is 26.0. The minimum Gasteiger partial charge on any atom is -0.507 e. The van der Waals surface area contributed by atoms with Crippen LogP contribution >= 0.6 is 11.3 Å². The Labute approximate surface area is 116 Å². The van der Waals surface area contributed by atoms with E-state index in [1.165, 1.54) is 0 Å². The van der Waals surface area contributed by atoms with Crippen molar-refractivity contribution in [2.24, 2.45) is 0 Å². The second kappa shape index (κ2) is 5.59. The summed E-state index contributed by atoms with van der Waals surface area (Å²) in [5.74, 6) is 0.199. The number of rotatable bonds is 4. The number of hydrogen-bond acceptors (Lipinski definition) is 5. The highest BCUT2D eigenvalue weighted by molar-refractivity contribution is 7.09. The zero-order valence-electron chi connectivity index (χ0n) is 11.2. The molecule has 2 atom stereocenters. The molecular weight excluding hydrogens is 260 g/mol. The van der Waals surface area contributed by atoms with E-state index in [2.05, 4.69) is 10.3 Å². The average molecular weight is 278 g/mol. The van der Waals surface area contributed by atoms with Crippen LogP contribution in [0.25, 0.3) is 0 Å². The first-order chi connectivity index (χ1) is 8.99. The maximum absolute atomic E-state index is 9.84. The number of hydrogen-bond donors (Lipinski definition) is 3. The van der Waals surface area contributed by atoms with Gasteiger partial charge in [-0.1, -0.05) is 6.07 Å². The largest absolute Gasteiger partial charge is 0.507 e. The predicted molar refractivity (Wildman–Crippen MR) is 76.6 cm³/mol. The van der Waals surface area contributed by atoms with Crippen LogP contribution in [0.1, 0.15) is 42.2 Å². The van der Waals surface area contributed by atoms with Gasteiger partial charge >= 0.3 is 0 Å². The number of thiazole rings is 1. The standard InChI is InChI=1S/C14H18N2O2S/c1-8-7-19-14(15-8)10(3)16-9(2)13-11(17)5-4-6-12(13)18/h4-7,9-10,16-18H,1-3H3. The molecule has 1 aromatic carbocycles. The molecule has 2 aromatic rings. The van der Waals surface area contributed by atoms with E-state index >= 15 is 0 Å². The second-order valence-corrected chi connectivity index (χ2v) is 5.54. The monoisotopic (exact) mass is 278 g/mol. The van der Waals surface area contributed by atoms with Crippen LogP contribution < -0.4 is 5.32 Å². The molecule has 1 aromatic heterocycles. The van der Waals surface area contributed by atoms with Gasteiger partial charge in [-0.3, -0.25) is 0 Å². The highest BCUT2D eigenvalue weighted by atomic mass is 32.1. The molecule has 2 unspecified atom stereocenters. The minimum absolute atomic E-state index is 0.0627. The lowest BCUT2D eigenvalue weighted by atomic mass is 10.1. The van der Waals surface area contributed by atoms with Crippen molar-refractivity contribution in [1.82, 2.24) is 10.3 Å². The molecule has 102 valence electrons. The van der Waals surface area contributed by atoms with E-state index in [1.807, 2.05) is 26.2 Å². The van der Waals surface area contributed by atoms with Crippen LogP contribution in [-0.2, 0) is 0 Å². The number of nitrogens with zero attached hydrogens (tertiary/aromatic N) is 1. The predicted octanol–water partition coefficient (Wildman–Crippen LogP) is 3.27. The molecule has 0 saturated carbocycles. The smallest absolute Gasteiger partial charge is 0.124 e. The Bertz CT molecular complexity index is 548. The molecule has 0 radical (unpaired) electrons. The Hall–Kier alpha value is -1.59. The van der Waals surface area contributed by atoms with Gasteiger partial charge in [0.25, 0.3) is 0 Å². The molecule has 0 fully saturated rings. The van der Waals surface area contributed by atoms with Gasteiger partial charge in [0.1, 0.15) is 16.5 Å². The maximum Gasteiger partial charge on any atom is 0.124 e. The van der Waals surface area contributed by atoms with Gasteiger partial charge in [0.05, 0.1) is 11.6 Å². The van der Waals surface area contributed by atoms with Crippen LogP contribution in [0, 0.1) is 6.92 Å². The van der Waals surface area contributed by atoms with Gasteiger partial charge in [-0.2, -0.15) is 0 Å². The number of phenols is 2. The van der Waals surface area contributed by atoms with Gasteiger partial charge < -0.3 is 15.5 Å². The molecule has 4 nitrogen and oxygen atoms in total. The first-order valence-electron chi connectivity index (χ1n) is 6.18. The molecule has 0 aliphatic rings. The molecule has 0 spiro atoms. The zero-order valence-corrected chi connectivity index (χ0v) is 12.0. The van der Waals surface area contributed by atoms with Crippen molar-refractivity contribution in [2.45, 2.75) is 32.9 Å². The highest BCUT2D eigenvalue weighted by Crippen LogP contribution is 2.33. The third-order valence-corrected chi connectivity index (χ3v) is 4.15. The summed E-state index contributed by atoms with van der Waals surface area (Å²) in [6.45, 7) is 5.89. The number of phenolic OH excluding ortho intramolecular Hbond substituents is 2. The summed E-state index contributed by atoms with van der Waals surface area (Å²) < 4.78 is 0. The van der Waals surface area contributed by atoms with Gasteiger partial charge in [0, 0.05) is 17.1 Å². The van der Waals surface area contributed by atoms with Crippen molar-refractivity contribution in [3.05, 3.63) is 39.8 Å². The van der Waals surface area contributed by atoms with E-state index in [-0.39, 0.29) is 23.6 Å². The Balaban J connectivity index is 2.15. The number of nitrogens with one attached hydrogen (secondary N) is 1. The molecule has 1 heterocycles. The molecule has 5 heteroatoms. The highest BCUT2D eigenvalue weighted by Gasteiger charge is 2.18. The number of aromatic nitrogens is 1. The summed E-state index contributed by atoms with van der Waals surface area (Å²) in [5.41, 5.74) is 1.52. The van der Waals surface area contributed by atoms with Crippen molar-refractivity contribution in [3.8, 4) is 11.5 Å². The van der Waals surface area contributed by atoms with Crippen molar-refractivity contribution in [3.63, 3.8) is 0 Å². The van der Waals surface area contributed by atoms with Crippen LogP contribution in [0.4, 0.5) is 0 Å². The van der Waals surface area contributed by atoms with Crippen LogP contribution in [-0.4, -0.2) is 15.2 Å². The fourth-order valence-corrected chi connectivity index (χ4v) is 2.90. The SMILES string of the molecule is Cc1csc(C(C)NC(C)c2c(O)cccc2O)n1. The fraction of sp³-hybridized carbons (Fsp3) is 0.357. The van der Waals surface area contributed by atoms with E-state index < -0.39 is 0 Å². The van der Waals surface area contributed by atoms with Crippen LogP contribution in [0.2, 0.25) is 0 Å². The average Bonchev–Trinajstić information content (AvgIpc) is 2.75. The van der Waals surface area contributed by atoms with E-state index in [1.54, 1.807) is 29.5 Å². The second-order valence-electron chi connectivity index (χ2n) is 4.65. The summed E-state index contributed by atoms with van der Waals surface area (Å²) in [6.07, 6.45) is 0. The Kier molecular flexibility index (Phi) is 4.07. The third-order valence-electron chi connectivity index (χ3n) is 3.00. The summed E-state index contributed by atoms with van der Waals surface area (Å²) in [7, 11) is 0. The lowest BCUT2D eigenvalue weighted by molar-refractivity contribution is 0.407. The van der Waals surface area contributed by atoms with E-state index in [0.717, 1.165) is 10.7 Å². The van der Waals surface area contributed by atoms with Gasteiger partial charge in [0.15, 0.2) is 0 Å². The first-order valence-corrected chi connectivity index (χ1v) is 7.06. The topological polar surface area (TPSA) is 65.4 Å². The summed E-state index contributed by atoms with van der Waals surface area (Å²) >= 11 is 1.60. The van der Waals surface area contributed by atoms with Crippen molar-refractivity contribution in [1.29, 1.82) is 0 Å². The summed E-state index contributed by atoms with van der Waals surface area (Å²) in [6, 6.07) is 4.67. The molecular formula is C14H18N2O2S. The maximum atomic E-state index is 9.84. The van der Waals surface area contributed by atoms with Crippen molar-refractivity contribution < 1.29 is 10.2 Å². The first kappa shape index (κ1) is 13.8. The van der Waals surface area contributed by atoms with Gasteiger partial charge in [-0.15, -0.1) is 11.3 Å². The lowest BCUT2D eigenvalue weighted by Gasteiger charge is -2.20. The molecule has 0 bridgehead atoms. The van der Waals surface area contributed by atoms with Crippen LogP contribution in [0.5, 0.6) is 11.5 Å². The van der Waals surface area contributed by atoms with Crippen LogP contribution in [0.3, 0.4) is 0 Å². The van der Waals surface area contributed by atoms with Crippen LogP contribution in [0.15, 0.2) is 23.6 Å². The van der Waals surface area contributed by atoms with Gasteiger partial charge in [-0.25, -0.2) is 4.98 Å². The number of benzene rings is 1. The Morgan fingerprint density at radius 2 is 1.79 bits per heavy atom.